The Kier molecular flexibility index (Phi) is 4.56. The minimum absolute atomic E-state index is 0.634. The lowest BCUT2D eigenvalue weighted by Gasteiger charge is -2.00. The lowest BCUT2D eigenvalue weighted by Crippen LogP contribution is -1.94. The molecular weight excluding hydrogens is 356 g/mol. The number of pyridine rings is 1. The van der Waals surface area contributed by atoms with Crippen LogP contribution in [0.2, 0.25) is 0 Å². The smallest absolute Gasteiger partial charge is 0.167 e. The third-order valence-corrected chi connectivity index (χ3v) is 5.36. The highest BCUT2D eigenvalue weighted by Gasteiger charge is 2.15. The van der Waals surface area contributed by atoms with E-state index in [1.165, 1.54) is 6.33 Å². The molecule has 4 aromatic rings. The van der Waals surface area contributed by atoms with E-state index in [1.807, 2.05) is 37.3 Å². The molecule has 0 unspecified atom stereocenters. The molecule has 0 aliphatic carbocycles. The second kappa shape index (κ2) is 7.32. The fourth-order valence-corrected chi connectivity index (χ4v) is 3.93. The summed E-state index contributed by atoms with van der Waals surface area (Å²) in [5.74, 6) is 0.649. The van der Waals surface area contributed by atoms with Crippen LogP contribution < -0.4 is 5.43 Å². The molecule has 0 amide bonds. The number of aromatic nitrogens is 3. The molecule has 6 nitrogen and oxygen atoms in total. The normalized spacial score (nSPS) is 11.0. The van der Waals surface area contributed by atoms with Gasteiger partial charge in [-0.1, -0.05) is 18.2 Å². The molecule has 3 aromatic heterocycles. The molecule has 130 valence electrons. The van der Waals surface area contributed by atoms with Crippen LogP contribution in [0.15, 0.2) is 60.2 Å². The maximum Gasteiger partial charge on any atom is 0.167 e. The van der Waals surface area contributed by atoms with Gasteiger partial charge in [-0.25, -0.2) is 9.97 Å². The molecule has 0 fully saturated rings. The largest absolute Gasteiger partial charge is 0.264 e. The summed E-state index contributed by atoms with van der Waals surface area (Å²) in [6, 6.07) is 13.5. The monoisotopic (exact) mass is 370 g/mol. The second-order valence-electron chi connectivity index (χ2n) is 5.81. The van der Waals surface area contributed by atoms with E-state index in [9.17, 15) is 0 Å². The number of fused-ring (bicyclic) bond motifs is 1. The number of hydrogen-bond donors (Lipinski definition) is 1. The van der Waals surface area contributed by atoms with Gasteiger partial charge in [-0.05, 0) is 36.2 Å². The third-order valence-electron chi connectivity index (χ3n) is 4.03. The lowest BCUT2D eigenvalue weighted by molar-refractivity contribution is 1.18. The molecule has 0 saturated heterocycles. The number of benzene rings is 1. The first-order valence-corrected chi connectivity index (χ1v) is 9.01. The van der Waals surface area contributed by atoms with Gasteiger partial charge in [-0.15, -0.1) is 11.3 Å². The Bertz CT molecular complexity index is 1170. The second-order valence-corrected chi connectivity index (χ2v) is 6.83. The van der Waals surface area contributed by atoms with Crippen LogP contribution in [0.5, 0.6) is 0 Å². The van der Waals surface area contributed by atoms with Gasteiger partial charge in [-0.3, -0.25) is 10.4 Å². The van der Waals surface area contributed by atoms with Crippen molar-refractivity contribution in [2.24, 2.45) is 5.10 Å². The summed E-state index contributed by atoms with van der Waals surface area (Å²) in [7, 11) is 0. The molecule has 0 atom stereocenters. The van der Waals surface area contributed by atoms with Gasteiger partial charge in [0.05, 0.1) is 28.1 Å². The van der Waals surface area contributed by atoms with E-state index in [1.54, 1.807) is 36.0 Å². The van der Waals surface area contributed by atoms with Crippen molar-refractivity contribution in [1.82, 2.24) is 15.0 Å². The fourth-order valence-electron chi connectivity index (χ4n) is 2.73. The molecule has 0 bridgehead atoms. The standard InChI is InChI=1S/C20H14N6S/c1-13-17-19(27-18(13)16-6-2-4-14(8-16)9-21)20(24-12-23-17)26-25-11-15-5-3-7-22-10-15/h2-8,10-12H,1H3,(H,23,24,26). The molecule has 0 aliphatic rings. The van der Waals surface area contributed by atoms with Crippen LogP contribution in [0.1, 0.15) is 16.7 Å². The topological polar surface area (TPSA) is 86.9 Å². The van der Waals surface area contributed by atoms with Crippen LogP contribution in [-0.2, 0) is 0 Å². The van der Waals surface area contributed by atoms with Crippen LogP contribution in [0.4, 0.5) is 5.82 Å². The summed E-state index contributed by atoms with van der Waals surface area (Å²) in [4.78, 5) is 13.9. The molecule has 1 aromatic carbocycles. The van der Waals surface area contributed by atoms with Crippen molar-refractivity contribution in [1.29, 1.82) is 5.26 Å². The van der Waals surface area contributed by atoms with E-state index in [-0.39, 0.29) is 0 Å². The van der Waals surface area contributed by atoms with Crippen LogP contribution in [-0.4, -0.2) is 21.2 Å². The van der Waals surface area contributed by atoms with Gasteiger partial charge in [0.2, 0.25) is 0 Å². The van der Waals surface area contributed by atoms with E-state index < -0.39 is 0 Å². The SMILES string of the molecule is Cc1c(-c2cccc(C#N)c2)sc2c(NN=Cc3cccnc3)ncnc12. The summed E-state index contributed by atoms with van der Waals surface area (Å²) in [5, 5.41) is 13.4. The maximum atomic E-state index is 9.15. The fraction of sp³-hybridized carbons (Fsp3) is 0.0500. The summed E-state index contributed by atoms with van der Waals surface area (Å²) in [6.45, 7) is 2.03. The van der Waals surface area contributed by atoms with E-state index in [4.69, 9.17) is 5.26 Å². The zero-order valence-corrected chi connectivity index (χ0v) is 15.2. The number of aryl methyl sites for hydroxylation is 1. The number of hydrogen-bond acceptors (Lipinski definition) is 7. The van der Waals surface area contributed by atoms with Crippen LogP contribution in [0.3, 0.4) is 0 Å². The Balaban J connectivity index is 1.71. The molecule has 0 saturated carbocycles. The molecule has 3 heterocycles. The average Bonchev–Trinajstić information content (AvgIpc) is 3.06. The summed E-state index contributed by atoms with van der Waals surface area (Å²) < 4.78 is 0.927. The van der Waals surface area contributed by atoms with Gasteiger partial charge in [-0.2, -0.15) is 10.4 Å². The van der Waals surface area contributed by atoms with Gasteiger partial charge >= 0.3 is 0 Å². The van der Waals surface area contributed by atoms with E-state index in [0.717, 1.165) is 31.8 Å². The summed E-state index contributed by atoms with van der Waals surface area (Å²) in [5.41, 5.74) is 7.47. The predicted octanol–water partition coefficient (Wildman–Crippen LogP) is 4.38. The Morgan fingerprint density at radius 1 is 1.22 bits per heavy atom. The quantitative estimate of drug-likeness (QED) is 0.425. The third kappa shape index (κ3) is 3.38. The minimum Gasteiger partial charge on any atom is -0.264 e. The number of thiophene rings is 1. The molecule has 0 spiro atoms. The Morgan fingerprint density at radius 2 is 2.15 bits per heavy atom. The molecule has 7 heteroatoms. The summed E-state index contributed by atoms with van der Waals surface area (Å²) >= 11 is 1.59. The van der Waals surface area contributed by atoms with Crippen molar-refractivity contribution < 1.29 is 0 Å². The highest BCUT2D eigenvalue weighted by atomic mass is 32.1. The van der Waals surface area contributed by atoms with Crippen LogP contribution in [0.25, 0.3) is 20.7 Å². The Morgan fingerprint density at radius 3 is 2.96 bits per heavy atom. The van der Waals surface area contributed by atoms with Gasteiger partial charge in [0.15, 0.2) is 5.82 Å². The zero-order chi connectivity index (χ0) is 18.6. The van der Waals surface area contributed by atoms with Crippen LogP contribution >= 0.6 is 11.3 Å². The maximum absolute atomic E-state index is 9.15. The first kappa shape index (κ1) is 16.8. The Labute approximate surface area is 159 Å². The number of anilines is 1. The van der Waals surface area contributed by atoms with E-state index in [0.29, 0.717) is 11.4 Å². The minimum atomic E-state index is 0.634. The number of nitriles is 1. The Hall–Kier alpha value is -3.63. The predicted molar refractivity (Wildman–Crippen MR) is 108 cm³/mol. The molecular formula is C20H14N6S. The van der Waals surface area contributed by atoms with Gasteiger partial charge in [0.1, 0.15) is 6.33 Å². The molecule has 0 aliphatic heterocycles. The summed E-state index contributed by atoms with van der Waals surface area (Å²) in [6.07, 6.45) is 6.67. The van der Waals surface area contributed by atoms with Gasteiger partial charge in [0.25, 0.3) is 0 Å². The van der Waals surface area contributed by atoms with Crippen molar-refractivity contribution >= 4 is 33.6 Å². The molecule has 0 radical (unpaired) electrons. The van der Waals surface area contributed by atoms with Crippen LogP contribution in [0, 0.1) is 18.3 Å². The number of nitrogens with one attached hydrogen (secondary N) is 1. The van der Waals surface area contributed by atoms with Crippen molar-refractivity contribution in [3.05, 3.63) is 71.8 Å². The lowest BCUT2D eigenvalue weighted by atomic mass is 10.1. The highest BCUT2D eigenvalue weighted by Crippen LogP contribution is 2.39. The van der Waals surface area contributed by atoms with Crippen molar-refractivity contribution in [2.45, 2.75) is 6.92 Å². The average molecular weight is 370 g/mol. The first-order valence-electron chi connectivity index (χ1n) is 8.20. The van der Waals surface area contributed by atoms with E-state index >= 15 is 0 Å². The first-order chi connectivity index (χ1) is 13.3. The van der Waals surface area contributed by atoms with E-state index in [2.05, 4.69) is 31.5 Å². The zero-order valence-electron chi connectivity index (χ0n) is 14.4. The molecule has 4 rings (SSSR count). The highest BCUT2D eigenvalue weighted by molar-refractivity contribution is 7.23. The van der Waals surface area contributed by atoms with Crippen molar-refractivity contribution in [2.75, 3.05) is 5.43 Å². The van der Waals surface area contributed by atoms with Crippen molar-refractivity contribution in [3.63, 3.8) is 0 Å². The van der Waals surface area contributed by atoms with Gasteiger partial charge in [0, 0.05) is 22.8 Å². The number of hydrazone groups is 1. The van der Waals surface area contributed by atoms with Gasteiger partial charge < -0.3 is 0 Å². The molecule has 1 N–H and O–H groups in total. The number of nitrogens with zero attached hydrogens (tertiary/aromatic N) is 5. The number of rotatable bonds is 4. The van der Waals surface area contributed by atoms with Crippen molar-refractivity contribution in [3.8, 4) is 16.5 Å². The molecule has 27 heavy (non-hydrogen) atoms.